The number of nitrogens with zero attached hydrogens (tertiary/aromatic N) is 1. The maximum absolute atomic E-state index is 12.2. The fourth-order valence-corrected chi connectivity index (χ4v) is 2.16. The Bertz CT molecular complexity index is 371. The van der Waals surface area contributed by atoms with Crippen LogP contribution in [0, 0.1) is 11.3 Å². The van der Waals surface area contributed by atoms with Crippen molar-refractivity contribution in [3.63, 3.8) is 0 Å². The topological polar surface area (TPSA) is 66.5 Å². The third-order valence-electron chi connectivity index (χ3n) is 3.42. The summed E-state index contributed by atoms with van der Waals surface area (Å²) >= 11 is 0. The molecule has 0 aromatic heterocycles. The number of imide groups is 1. The van der Waals surface area contributed by atoms with Gasteiger partial charge in [0.15, 0.2) is 0 Å². The molecule has 1 rings (SSSR count). The molecule has 108 valence electrons. The molecular formula is C14H24N2O3. The van der Waals surface area contributed by atoms with E-state index >= 15 is 0 Å². The summed E-state index contributed by atoms with van der Waals surface area (Å²) in [7, 11) is 0. The zero-order valence-electron chi connectivity index (χ0n) is 12.3. The van der Waals surface area contributed by atoms with Gasteiger partial charge in [-0.05, 0) is 11.8 Å². The summed E-state index contributed by atoms with van der Waals surface area (Å²) in [5, 5.41) is 2.74. The van der Waals surface area contributed by atoms with E-state index in [0.29, 0.717) is 6.54 Å². The molecule has 5 heteroatoms. The number of hydrogen-bond acceptors (Lipinski definition) is 3. The Morgan fingerprint density at radius 1 is 1.37 bits per heavy atom. The van der Waals surface area contributed by atoms with Gasteiger partial charge in [0, 0.05) is 25.9 Å². The van der Waals surface area contributed by atoms with Crippen molar-refractivity contribution in [3.8, 4) is 0 Å². The van der Waals surface area contributed by atoms with Gasteiger partial charge in [0.05, 0.1) is 5.92 Å². The minimum Gasteiger partial charge on any atom is -0.356 e. The summed E-state index contributed by atoms with van der Waals surface area (Å²) in [5.74, 6) is -0.672. The van der Waals surface area contributed by atoms with Gasteiger partial charge >= 0.3 is 0 Å². The van der Waals surface area contributed by atoms with Crippen molar-refractivity contribution in [3.05, 3.63) is 0 Å². The summed E-state index contributed by atoms with van der Waals surface area (Å²) in [4.78, 5) is 36.7. The van der Waals surface area contributed by atoms with Crippen LogP contribution in [0.25, 0.3) is 0 Å². The highest BCUT2D eigenvalue weighted by molar-refractivity contribution is 6.04. The summed E-state index contributed by atoms with van der Waals surface area (Å²) in [6, 6.07) is 0. The number of amides is 3. The Kier molecular flexibility index (Phi) is 5.09. The van der Waals surface area contributed by atoms with Crippen molar-refractivity contribution < 1.29 is 14.4 Å². The lowest BCUT2D eigenvalue weighted by Gasteiger charge is -2.24. The van der Waals surface area contributed by atoms with Crippen LogP contribution in [-0.2, 0) is 14.4 Å². The second kappa shape index (κ2) is 6.17. The smallest absolute Gasteiger partial charge is 0.233 e. The van der Waals surface area contributed by atoms with E-state index < -0.39 is 0 Å². The molecule has 0 bridgehead atoms. The standard InChI is InChI=1S/C14H24N2O3/c1-5-7-15-11(17)6-8-16-12(18)9-10(13(16)19)14(2,3)4/h10H,5-9H2,1-4H3,(H,15,17). The molecule has 1 N–H and O–H groups in total. The highest BCUT2D eigenvalue weighted by Gasteiger charge is 2.44. The van der Waals surface area contributed by atoms with Gasteiger partial charge in [0.1, 0.15) is 0 Å². The van der Waals surface area contributed by atoms with E-state index in [1.165, 1.54) is 4.90 Å². The van der Waals surface area contributed by atoms with E-state index in [9.17, 15) is 14.4 Å². The van der Waals surface area contributed by atoms with E-state index in [1.807, 2.05) is 27.7 Å². The van der Waals surface area contributed by atoms with Crippen molar-refractivity contribution in [2.24, 2.45) is 11.3 Å². The predicted molar refractivity (Wildman–Crippen MR) is 72.2 cm³/mol. The second-order valence-corrected chi connectivity index (χ2v) is 6.11. The van der Waals surface area contributed by atoms with Crippen LogP contribution in [0.1, 0.15) is 47.0 Å². The summed E-state index contributed by atoms with van der Waals surface area (Å²) in [6.07, 6.45) is 1.33. The van der Waals surface area contributed by atoms with E-state index in [0.717, 1.165) is 6.42 Å². The van der Waals surface area contributed by atoms with E-state index in [-0.39, 0.29) is 48.4 Å². The Morgan fingerprint density at radius 2 is 2.00 bits per heavy atom. The zero-order valence-corrected chi connectivity index (χ0v) is 12.3. The maximum Gasteiger partial charge on any atom is 0.233 e. The molecule has 0 aromatic rings. The van der Waals surface area contributed by atoms with Crippen LogP contribution in [0.5, 0.6) is 0 Å². The van der Waals surface area contributed by atoms with Gasteiger partial charge in [-0.15, -0.1) is 0 Å². The van der Waals surface area contributed by atoms with E-state index in [1.54, 1.807) is 0 Å². The molecule has 3 amide bonds. The molecule has 1 aliphatic rings. The third-order valence-corrected chi connectivity index (χ3v) is 3.42. The summed E-state index contributed by atoms with van der Waals surface area (Å²) in [6.45, 7) is 8.67. The van der Waals surface area contributed by atoms with Crippen molar-refractivity contribution >= 4 is 17.7 Å². The highest BCUT2D eigenvalue weighted by atomic mass is 16.2. The Labute approximate surface area is 114 Å². The van der Waals surface area contributed by atoms with Crippen molar-refractivity contribution in [2.75, 3.05) is 13.1 Å². The van der Waals surface area contributed by atoms with Crippen LogP contribution >= 0.6 is 0 Å². The number of carbonyl (C=O) groups excluding carboxylic acids is 3. The molecule has 0 aromatic carbocycles. The lowest BCUT2D eigenvalue weighted by atomic mass is 9.80. The van der Waals surface area contributed by atoms with Crippen LogP contribution in [0.15, 0.2) is 0 Å². The van der Waals surface area contributed by atoms with Crippen LogP contribution in [-0.4, -0.2) is 35.7 Å². The first-order valence-electron chi connectivity index (χ1n) is 6.88. The molecule has 1 heterocycles. The molecule has 1 unspecified atom stereocenters. The minimum atomic E-state index is -0.265. The first-order chi connectivity index (χ1) is 8.77. The first-order valence-corrected chi connectivity index (χ1v) is 6.88. The van der Waals surface area contributed by atoms with Crippen LogP contribution in [0.2, 0.25) is 0 Å². The highest BCUT2D eigenvalue weighted by Crippen LogP contribution is 2.35. The maximum atomic E-state index is 12.2. The normalized spacial score (nSPS) is 20.0. The molecule has 0 radical (unpaired) electrons. The summed E-state index contributed by atoms with van der Waals surface area (Å²) < 4.78 is 0. The van der Waals surface area contributed by atoms with Crippen LogP contribution < -0.4 is 5.32 Å². The molecule has 1 saturated heterocycles. The molecule has 0 spiro atoms. The molecule has 1 fully saturated rings. The van der Waals surface area contributed by atoms with E-state index in [4.69, 9.17) is 0 Å². The third kappa shape index (κ3) is 4.04. The average molecular weight is 268 g/mol. The first kappa shape index (κ1) is 15.7. The Hall–Kier alpha value is -1.39. The zero-order chi connectivity index (χ0) is 14.6. The molecule has 1 aliphatic heterocycles. The minimum absolute atomic E-state index is 0.110. The largest absolute Gasteiger partial charge is 0.356 e. The SMILES string of the molecule is CCCNC(=O)CCN1C(=O)CC(C(C)(C)C)C1=O. The lowest BCUT2D eigenvalue weighted by Crippen LogP contribution is -2.37. The molecule has 5 nitrogen and oxygen atoms in total. The number of carbonyl (C=O) groups is 3. The van der Waals surface area contributed by atoms with Crippen molar-refractivity contribution in [2.45, 2.75) is 47.0 Å². The molecule has 0 aliphatic carbocycles. The molecular weight excluding hydrogens is 244 g/mol. The molecule has 19 heavy (non-hydrogen) atoms. The fraction of sp³-hybridized carbons (Fsp3) is 0.786. The van der Waals surface area contributed by atoms with Gasteiger partial charge in [0.25, 0.3) is 0 Å². The monoisotopic (exact) mass is 268 g/mol. The van der Waals surface area contributed by atoms with E-state index in [2.05, 4.69) is 5.32 Å². The Balaban J connectivity index is 2.53. The van der Waals surface area contributed by atoms with Crippen LogP contribution in [0.3, 0.4) is 0 Å². The number of likely N-dealkylation sites (tertiary alicyclic amines) is 1. The molecule has 0 saturated carbocycles. The van der Waals surface area contributed by atoms with Gasteiger partial charge in [-0.3, -0.25) is 19.3 Å². The van der Waals surface area contributed by atoms with Gasteiger partial charge in [-0.25, -0.2) is 0 Å². The lowest BCUT2D eigenvalue weighted by molar-refractivity contribution is -0.140. The van der Waals surface area contributed by atoms with Crippen molar-refractivity contribution in [1.82, 2.24) is 10.2 Å². The molecule has 1 atom stereocenters. The predicted octanol–water partition coefficient (Wildman–Crippen LogP) is 1.32. The van der Waals surface area contributed by atoms with Crippen molar-refractivity contribution in [1.29, 1.82) is 0 Å². The second-order valence-electron chi connectivity index (χ2n) is 6.11. The fourth-order valence-electron chi connectivity index (χ4n) is 2.16. The Morgan fingerprint density at radius 3 is 2.47 bits per heavy atom. The quantitative estimate of drug-likeness (QED) is 0.765. The number of nitrogens with one attached hydrogen (secondary N) is 1. The van der Waals surface area contributed by atoms with Gasteiger partial charge in [-0.1, -0.05) is 27.7 Å². The van der Waals surface area contributed by atoms with Gasteiger partial charge in [0.2, 0.25) is 17.7 Å². The average Bonchev–Trinajstić information content (AvgIpc) is 2.59. The van der Waals surface area contributed by atoms with Gasteiger partial charge < -0.3 is 5.32 Å². The van der Waals surface area contributed by atoms with Crippen LogP contribution in [0.4, 0.5) is 0 Å². The number of rotatable bonds is 5. The summed E-state index contributed by atoms with van der Waals surface area (Å²) in [5.41, 5.74) is -0.216. The van der Waals surface area contributed by atoms with Gasteiger partial charge in [-0.2, -0.15) is 0 Å². The number of hydrogen-bond donors (Lipinski definition) is 1.